The molecule has 0 fully saturated rings. The second kappa shape index (κ2) is 8.44. The number of tetrazole rings is 1. The number of aromatic nitrogens is 4. The first kappa shape index (κ1) is 18.6. The van der Waals surface area contributed by atoms with Crippen LogP contribution in [0.4, 0.5) is 0 Å². The number of carbonyl (C=O) groups is 1. The average Bonchev–Trinajstić information content (AvgIpc) is 3.15. The minimum absolute atomic E-state index is 0.117. The van der Waals surface area contributed by atoms with Crippen molar-refractivity contribution >= 4 is 5.91 Å². The Hall–Kier alpha value is -3.22. The van der Waals surface area contributed by atoms with Crippen LogP contribution in [-0.4, -0.2) is 26.1 Å². The molecule has 0 saturated carbocycles. The molecule has 1 aromatic heterocycles. The lowest BCUT2D eigenvalue weighted by atomic mass is 10.1. The Balaban J connectivity index is 1.55. The first-order chi connectivity index (χ1) is 13.0. The fourth-order valence-electron chi connectivity index (χ4n) is 2.64. The van der Waals surface area contributed by atoms with Gasteiger partial charge in [0.1, 0.15) is 12.4 Å². The molecule has 27 heavy (non-hydrogen) atoms. The van der Waals surface area contributed by atoms with Gasteiger partial charge >= 0.3 is 0 Å². The molecule has 3 aromatic rings. The summed E-state index contributed by atoms with van der Waals surface area (Å²) in [7, 11) is 0. The van der Waals surface area contributed by atoms with Crippen molar-refractivity contribution in [1.29, 1.82) is 0 Å². The van der Waals surface area contributed by atoms with Crippen molar-refractivity contribution in [2.45, 2.75) is 40.0 Å². The molecule has 0 aliphatic carbocycles. The smallest absolute Gasteiger partial charge is 0.251 e. The first-order valence-corrected chi connectivity index (χ1v) is 8.87. The molecule has 0 aliphatic rings. The number of nitrogens with one attached hydrogen (secondary N) is 1. The van der Waals surface area contributed by atoms with Gasteiger partial charge in [0.25, 0.3) is 5.91 Å². The lowest BCUT2D eigenvalue weighted by molar-refractivity contribution is 0.0951. The van der Waals surface area contributed by atoms with Crippen molar-refractivity contribution < 1.29 is 9.53 Å². The summed E-state index contributed by atoms with van der Waals surface area (Å²) in [6.07, 6.45) is 0. The van der Waals surface area contributed by atoms with Crippen molar-refractivity contribution in [2.75, 3.05) is 0 Å². The van der Waals surface area contributed by atoms with E-state index in [1.165, 1.54) is 0 Å². The van der Waals surface area contributed by atoms with Crippen molar-refractivity contribution in [3.8, 4) is 5.75 Å². The van der Waals surface area contributed by atoms with E-state index >= 15 is 0 Å². The Morgan fingerprint density at radius 2 is 1.89 bits per heavy atom. The standard InChI is InChI=1S/C20H23N5O2/c1-14(2)25-19(22-23-24-25)13-27-18-10-8-16(9-11-18)20(26)21-12-17-7-5-4-6-15(17)3/h4-11,14H,12-13H2,1-3H3,(H,21,26). The van der Waals surface area contributed by atoms with Crippen LogP contribution in [0.2, 0.25) is 0 Å². The zero-order valence-electron chi connectivity index (χ0n) is 15.7. The minimum Gasteiger partial charge on any atom is -0.486 e. The average molecular weight is 365 g/mol. The fourth-order valence-corrected chi connectivity index (χ4v) is 2.64. The van der Waals surface area contributed by atoms with Crippen LogP contribution in [0.3, 0.4) is 0 Å². The highest BCUT2D eigenvalue weighted by atomic mass is 16.5. The summed E-state index contributed by atoms with van der Waals surface area (Å²) in [6, 6.07) is 15.2. The maximum Gasteiger partial charge on any atom is 0.251 e. The Labute approximate surface area is 158 Å². The number of rotatable bonds is 7. The molecule has 0 unspecified atom stereocenters. The van der Waals surface area contributed by atoms with Crippen LogP contribution in [0.15, 0.2) is 48.5 Å². The summed E-state index contributed by atoms with van der Waals surface area (Å²) in [5, 5.41) is 14.5. The Morgan fingerprint density at radius 1 is 1.15 bits per heavy atom. The maximum atomic E-state index is 12.3. The zero-order valence-corrected chi connectivity index (χ0v) is 15.7. The van der Waals surface area contributed by atoms with Crippen molar-refractivity contribution in [1.82, 2.24) is 25.5 Å². The van der Waals surface area contributed by atoms with E-state index in [1.54, 1.807) is 28.9 Å². The summed E-state index contributed by atoms with van der Waals surface area (Å²) >= 11 is 0. The molecule has 1 N–H and O–H groups in total. The van der Waals surface area contributed by atoms with Crippen LogP contribution in [0.1, 0.15) is 47.2 Å². The number of aryl methyl sites for hydroxylation is 1. The summed E-state index contributed by atoms with van der Waals surface area (Å²) in [5.74, 6) is 1.20. The predicted octanol–water partition coefficient (Wildman–Crippen LogP) is 3.07. The van der Waals surface area contributed by atoms with Crippen LogP contribution in [-0.2, 0) is 13.2 Å². The Bertz CT molecular complexity index is 903. The van der Waals surface area contributed by atoms with Crippen molar-refractivity contribution in [3.05, 3.63) is 71.0 Å². The van der Waals surface area contributed by atoms with Crippen LogP contribution >= 0.6 is 0 Å². The third-order valence-electron chi connectivity index (χ3n) is 4.24. The lowest BCUT2D eigenvalue weighted by Gasteiger charge is -2.10. The topological polar surface area (TPSA) is 81.9 Å². The fraction of sp³-hybridized carbons (Fsp3) is 0.300. The summed E-state index contributed by atoms with van der Waals surface area (Å²) in [4.78, 5) is 12.3. The molecule has 140 valence electrons. The second-order valence-corrected chi connectivity index (χ2v) is 6.56. The lowest BCUT2D eigenvalue weighted by Crippen LogP contribution is -2.23. The molecule has 1 heterocycles. The van der Waals surface area contributed by atoms with E-state index in [-0.39, 0.29) is 18.6 Å². The van der Waals surface area contributed by atoms with Gasteiger partial charge in [-0.2, -0.15) is 0 Å². The monoisotopic (exact) mass is 365 g/mol. The molecule has 7 nitrogen and oxygen atoms in total. The predicted molar refractivity (Wildman–Crippen MR) is 101 cm³/mol. The van der Waals surface area contributed by atoms with Gasteiger partial charge in [0, 0.05) is 12.1 Å². The number of carbonyl (C=O) groups excluding carboxylic acids is 1. The minimum atomic E-state index is -0.117. The van der Waals surface area contributed by atoms with E-state index < -0.39 is 0 Å². The quantitative estimate of drug-likeness (QED) is 0.696. The normalized spacial score (nSPS) is 10.8. The van der Waals surface area contributed by atoms with E-state index in [1.807, 2.05) is 45.0 Å². The molecule has 1 amide bonds. The van der Waals surface area contributed by atoms with E-state index in [0.29, 0.717) is 23.7 Å². The van der Waals surface area contributed by atoms with Gasteiger partial charge in [-0.05, 0) is 66.6 Å². The molecule has 0 bridgehead atoms. The number of benzene rings is 2. The number of amides is 1. The molecular weight excluding hydrogens is 342 g/mol. The van der Waals surface area contributed by atoms with Gasteiger partial charge in [-0.15, -0.1) is 5.10 Å². The third kappa shape index (κ3) is 4.69. The van der Waals surface area contributed by atoms with Gasteiger partial charge in [-0.1, -0.05) is 24.3 Å². The summed E-state index contributed by atoms with van der Waals surface area (Å²) in [6.45, 7) is 6.81. The highest BCUT2D eigenvalue weighted by molar-refractivity contribution is 5.94. The van der Waals surface area contributed by atoms with E-state index in [0.717, 1.165) is 11.1 Å². The first-order valence-electron chi connectivity index (χ1n) is 8.87. The third-order valence-corrected chi connectivity index (χ3v) is 4.24. The number of nitrogens with zero attached hydrogens (tertiary/aromatic N) is 4. The largest absolute Gasteiger partial charge is 0.486 e. The van der Waals surface area contributed by atoms with Gasteiger partial charge < -0.3 is 10.1 Å². The van der Waals surface area contributed by atoms with Crippen LogP contribution in [0.5, 0.6) is 5.75 Å². The maximum absolute atomic E-state index is 12.3. The number of hydrogen-bond donors (Lipinski definition) is 1. The zero-order chi connectivity index (χ0) is 19.2. The van der Waals surface area contributed by atoms with E-state index in [2.05, 4.69) is 20.8 Å². The molecule has 7 heteroatoms. The van der Waals surface area contributed by atoms with E-state index in [4.69, 9.17) is 4.74 Å². The molecule has 3 rings (SSSR count). The number of hydrogen-bond acceptors (Lipinski definition) is 5. The van der Waals surface area contributed by atoms with E-state index in [9.17, 15) is 4.79 Å². The van der Waals surface area contributed by atoms with Gasteiger partial charge in [0.2, 0.25) is 0 Å². The molecular formula is C20H23N5O2. The molecule has 0 aliphatic heterocycles. The number of ether oxygens (including phenoxy) is 1. The molecule has 0 atom stereocenters. The molecule has 2 aromatic carbocycles. The van der Waals surface area contributed by atoms with Crippen molar-refractivity contribution in [3.63, 3.8) is 0 Å². The van der Waals surface area contributed by atoms with Gasteiger partial charge in [0.05, 0.1) is 6.04 Å². The van der Waals surface area contributed by atoms with Crippen LogP contribution < -0.4 is 10.1 Å². The van der Waals surface area contributed by atoms with Gasteiger partial charge in [0.15, 0.2) is 5.82 Å². The van der Waals surface area contributed by atoms with Crippen LogP contribution in [0.25, 0.3) is 0 Å². The molecule has 0 spiro atoms. The highest BCUT2D eigenvalue weighted by Crippen LogP contribution is 2.15. The Kier molecular flexibility index (Phi) is 5.80. The molecule has 0 saturated heterocycles. The second-order valence-electron chi connectivity index (χ2n) is 6.56. The van der Waals surface area contributed by atoms with Gasteiger partial charge in [-0.3, -0.25) is 4.79 Å². The van der Waals surface area contributed by atoms with Crippen LogP contribution in [0, 0.1) is 6.92 Å². The highest BCUT2D eigenvalue weighted by Gasteiger charge is 2.10. The molecule has 0 radical (unpaired) electrons. The summed E-state index contributed by atoms with van der Waals surface area (Å²) < 4.78 is 7.44. The Morgan fingerprint density at radius 3 is 2.59 bits per heavy atom. The SMILES string of the molecule is Cc1ccccc1CNC(=O)c1ccc(OCc2nnnn2C(C)C)cc1. The van der Waals surface area contributed by atoms with Crippen molar-refractivity contribution in [2.24, 2.45) is 0 Å². The van der Waals surface area contributed by atoms with Gasteiger partial charge in [-0.25, -0.2) is 4.68 Å². The summed E-state index contributed by atoms with van der Waals surface area (Å²) in [5.41, 5.74) is 2.85.